The minimum atomic E-state index is -4.53. The molecule has 1 aromatic carbocycles. The number of amides is 1. The molecule has 0 aromatic heterocycles. The highest BCUT2D eigenvalue weighted by atomic mass is 32.2. The summed E-state index contributed by atoms with van der Waals surface area (Å²) in [6.45, 7) is -0.556. The molecule has 1 aromatic rings. The molecular formula is C13H15F3N2O4S. The van der Waals surface area contributed by atoms with Crippen LogP contribution in [-0.2, 0) is 14.8 Å². The maximum Gasteiger partial charge on any atom is 0.405 e. The van der Waals surface area contributed by atoms with Crippen LogP contribution in [0.4, 0.5) is 13.2 Å². The van der Waals surface area contributed by atoms with Crippen molar-refractivity contribution >= 4 is 21.7 Å². The zero-order valence-electron chi connectivity index (χ0n) is 12.1. The van der Waals surface area contributed by atoms with Crippen molar-refractivity contribution in [3.8, 4) is 0 Å². The van der Waals surface area contributed by atoms with Crippen molar-refractivity contribution < 1.29 is 31.2 Å². The number of nitrogens with one attached hydrogen (secondary N) is 2. The number of benzene rings is 1. The average Bonchev–Trinajstić information content (AvgIpc) is 2.44. The van der Waals surface area contributed by atoms with Gasteiger partial charge in [0.25, 0.3) is 0 Å². The Morgan fingerprint density at radius 1 is 1.22 bits per heavy atom. The van der Waals surface area contributed by atoms with Gasteiger partial charge in [-0.05, 0) is 19.1 Å². The topological polar surface area (TPSA) is 92.3 Å². The maximum atomic E-state index is 12.0. The van der Waals surface area contributed by atoms with Crippen LogP contribution in [0, 0.1) is 0 Å². The average molecular weight is 352 g/mol. The molecule has 10 heteroatoms. The second kappa shape index (κ2) is 7.55. The first-order valence-electron chi connectivity index (χ1n) is 6.45. The molecule has 0 heterocycles. The normalized spacial score (nSPS) is 12.0. The van der Waals surface area contributed by atoms with Gasteiger partial charge in [-0.2, -0.15) is 13.2 Å². The zero-order chi connectivity index (χ0) is 17.7. The molecule has 1 amide bonds. The molecule has 23 heavy (non-hydrogen) atoms. The monoisotopic (exact) mass is 352 g/mol. The fraction of sp³-hybridized carbons (Fsp3) is 0.385. The van der Waals surface area contributed by atoms with Gasteiger partial charge >= 0.3 is 6.18 Å². The Hall–Kier alpha value is -1.94. The number of ketones is 1. The summed E-state index contributed by atoms with van der Waals surface area (Å²) in [4.78, 5) is 22.2. The van der Waals surface area contributed by atoms with Gasteiger partial charge in [0.15, 0.2) is 5.78 Å². The van der Waals surface area contributed by atoms with Crippen LogP contribution in [0.15, 0.2) is 29.2 Å². The molecule has 0 fully saturated rings. The van der Waals surface area contributed by atoms with Crippen LogP contribution < -0.4 is 10.0 Å². The van der Waals surface area contributed by atoms with E-state index in [2.05, 4.69) is 4.72 Å². The Bertz CT molecular complexity index is 687. The number of carbonyl (C=O) groups excluding carboxylic acids is 2. The third kappa shape index (κ3) is 6.78. The smallest absolute Gasteiger partial charge is 0.347 e. The summed E-state index contributed by atoms with van der Waals surface area (Å²) in [5, 5.41) is 1.63. The number of halogens is 3. The van der Waals surface area contributed by atoms with E-state index in [0.717, 1.165) is 0 Å². The molecule has 0 aliphatic carbocycles. The van der Waals surface area contributed by atoms with Gasteiger partial charge in [-0.1, -0.05) is 12.1 Å². The van der Waals surface area contributed by atoms with Crippen molar-refractivity contribution in [1.82, 2.24) is 10.0 Å². The van der Waals surface area contributed by atoms with Gasteiger partial charge in [0.1, 0.15) is 6.54 Å². The van der Waals surface area contributed by atoms with Gasteiger partial charge in [-0.3, -0.25) is 9.59 Å². The Morgan fingerprint density at radius 2 is 1.87 bits per heavy atom. The van der Waals surface area contributed by atoms with Crippen LogP contribution in [0.1, 0.15) is 23.7 Å². The van der Waals surface area contributed by atoms with Crippen LogP contribution >= 0.6 is 0 Å². The van der Waals surface area contributed by atoms with E-state index in [0.29, 0.717) is 0 Å². The van der Waals surface area contributed by atoms with Gasteiger partial charge in [0.2, 0.25) is 15.9 Å². The number of hydrogen-bond donors (Lipinski definition) is 2. The Balaban J connectivity index is 2.58. The van der Waals surface area contributed by atoms with Crippen molar-refractivity contribution in [2.75, 3.05) is 13.1 Å². The molecule has 1 rings (SSSR count). The van der Waals surface area contributed by atoms with Crippen LogP contribution in [0.5, 0.6) is 0 Å². The van der Waals surface area contributed by atoms with Gasteiger partial charge in [-0.15, -0.1) is 0 Å². The minimum absolute atomic E-state index is 0.166. The number of carbonyl (C=O) groups is 2. The molecule has 128 valence electrons. The van der Waals surface area contributed by atoms with Gasteiger partial charge in [0.05, 0.1) is 4.90 Å². The molecule has 0 saturated carbocycles. The number of sulfonamides is 1. The molecular weight excluding hydrogens is 337 g/mol. The van der Waals surface area contributed by atoms with E-state index in [1.54, 1.807) is 5.32 Å². The fourth-order valence-electron chi connectivity index (χ4n) is 1.55. The van der Waals surface area contributed by atoms with Gasteiger partial charge < -0.3 is 5.32 Å². The summed E-state index contributed by atoms with van der Waals surface area (Å²) in [7, 11) is -3.96. The van der Waals surface area contributed by atoms with E-state index < -0.39 is 35.1 Å². The summed E-state index contributed by atoms with van der Waals surface area (Å²) >= 11 is 0. The highest BCUT2D eigenvalue weighted by Crippen LogP contribution is 2.13. The molecule has 0 aliphatic rings. The number of rotatable bonds is 7. The highest BCUT2D eigenvalue weighted by Gasteiger charge is 2.27. The second-order valence-electron chi connectivity index (χ2n) is 4.62. The molecule has 0 radical (unpaired) electrons. The molecule has 0 unspecified atom stereocenters. The number of hydrogen-bond acceptors (Lipinski definition) is 4. The fourth-order valence-corrected chi connectivity index (χ4v) is 2.63. The van der Waals surface area contributed by atoms with Crippen LogP contribution in [0.2, 0.25) is 0 Å². The van der Waals surface area contributed by atoms with E-state index in [1.165, 1.54) is 31.2 Å². The molecule has 2 N–H and O–H groups in total. The summed E-state index contributed by atoms with van der Waals surface area (Å²) in [5.41, 5.74) is 0.204. The van der Waals surface area contributed by atoms with E-state index >= 15 is 0 Å². The number of alkyl halides is 3. The first kappa shape index (κ1) is 19.1. The summed E-state index contributed by atoms with van der Waals surface area (Å²) in [5.74, 6) is -1.24. The van der Waals surface area contributed by atoms with Crippen molar-refractivity contribution in [2.24, 2.45) is 0 Å². The van der Waals surface area contributed by atoms with Gasteiger partial charge in [-0.25, -0.2) is 13.1 Å². The summed E-state index contributed by atoms with van der Waals surface area (Å²) in [6.07, 6.45) is -4.97. The van der Waals surface area contributed by atoms with Crippen molar-refractivity contribution in [2.45, 2.75) is 24.4 Å². The Kier molecular flexibility index (Phi) is 6.28. The predicted octanol–water partition coefficient (Wildman–Crippen LogP) is 1.24. The molecule has 0 bridgehead atoms. The molecule has 0 aliphatic heterocycles. The third-order valence-electron chi connectivity index (χ3n) is 2.68. The number of Topliss-reactive ketones (excluding diaryl/α,β-unsaturated/α-hetero) is 1. The molecule has 0 saturated heterocycles. The standard InChI is InChI=1S/C13H15F3N2O4S/c1-9(19)10-3-2-4-11(7-10)23(21,22)18-6-5-12(20)17-8-13(14,15)16/h2-4,7,18H,5-6,8H2,1H3,(H,17,20). The molecule has 0 spiro atoms. The lowest BCUT2D eigenvalue weighted by Gasteiger charge is -2.09. The predicted molar refractivity (Wildman–Crippen MR) is 75.3 cm³/mol. The van der Waals surface area contributed by atoms with E-state index in [9.17, 15) is 31.2 Å². The first-order valence-corrected chi connectivity index (χ1v) is 7.94. The van der Waals surface area contributed by atoms with E-state index in [4.69, 9.17) is 0 Å². The molecule has 6 nitrogen and oxygen atoms in total. The maximum absolute atomic E-state index is 12.0. The third-order valence-corrected chi connectivity index (χ3v) is 4.14. The Morgan fingerprint density at radius 3 is 2.43 bits per heavy atom. The van der Waals surface area contributed by atoms with Gasteiger partial charge in [0, 0.05) is 18.5 Å². The summed E-state index contributed by atoms with van der Waals surface area (Å²) in [6, 6.07) is 5.28. The van der Waals surface area contributed by atoms with E-state index in [1.807, 2.05) is 0 Å². The SMILES string of the molecule is CC(=O)c1cccc(S(=O)(=O)NCCC(=O)NCC(F)(F)F)c1. The van der Waals surface area contributed by atoms with Crippen LogP contribution in [-0.4, -0.2) is 39.4 Å². The van der Waals surface area contributed by atoms with Crippen LogP contribution in [0.3, 0.4) is 0 Å². The summed E-state index contributed by atoms with van der Waals surface area (Å²) < 4.78 is 61.7. The van der Waals surface area contributed by atoms with E-state index in [-0.39, 0.29) is 22.8 Å². The van der Waals surface area contributed by atoms with Crippen molar-refractivity contribution in [1.29, 1.82) is 0 Å². The zero-order valence-corrected chi connectivity index (χ0v) is 12.9. The van der Waals surface area contributed by atoms with Crippen molar-refractivity contribution in [3.05, 3.63) is 29.8 Å². The lowest BCUT2D eigenvalue weighted by molar-refractivity contribution is -0.138. The minimum Gasteiger partial charge on any atom is -0.347 e. The lowest BCUT2D eigenvalue weighted by Crippen LogP contribution is -2.36. The lowest BCUT2D eigenvalue weighted by atomic mass is 10.2. The first-order chi connectivity index (χ1) is 10.5. The van der Waals surface area contributed by atoms with Crippen LogP contribution in [0.25, 0.3) is 0 Å². The quantitative estimate of drug-likeness (QED) is 0.722. The largest absolute Gasteiger partial charge is 0.405 e. The second-order valence-corrected chi connectivity index (χ2v) is 6.39. The Labute approximate surface area is 131 Å². The van der Waals surface area contributed by atoms with Crippen molar-refractivity contribution in [3.63, 3.8) is 0 Å². The molecule has 0 atom stereocenters. The highest BCUT2D eigenvalue weighted by molar-refractivity contribution is 7.89.